The lowest BCUT2D eigenvalue weighted by Crippen LogP contribution is -2.18. The average molecular weight is 703 g/mol. The number of benzene rings is 8. The van der Waals surface area contributed by atoms with E-state index in [0.717, 1.165) is 34.5 Å². The van der Waals surface area contributed by atoms with E-state index < -0.39 is 0 Å². The number of hydrogen-bond donors (Lipinski definition) is 0. The van der Waals surface area contributed by atoms with Gasteiger partial charge in [-0.1, -0.05) is 164 Å². The minimum Gasteiger partial charge on any atom is -0.292 e. The summed E-state index contributed by atoms with van der Waals surface area (Å²) in [5.41, 5.74) is 10.7. The van der Waals surface area contributed by atoms with Crippen LogP contribution >= 0.6 is 0 Å². The number of aromatic nitrogens is 2. The Bertz CT molecular complexity index is 3020. The summed E-state index contributed by atoms with van der Waals surface area (Å²) in [7, 11) is 0. The zero-order valence-corrected chi connectivity index (χ0v) is 30.4. The van der Waals surface area contributed by atoms with Gasteiger partial charge in [-0.2, -0.15) is 0 Å². The maximum atomic E-state index is 5.13. The highest BCUT2D eigenvalue weighted by Crippen LogP contribution is 2.47. The topological polar surface area (TPSA) is 17.8 Å². The van der Waals surface area contributed by atoms with Gasteiger partial charge in [-0.3, -0.25) is 4.57 Å². The normalized spacial score (nSPS) is 17.7. The zero-order valence-electron chi connectivity index (χ0n) is 30.4. The first kappa shape index (κ1) is 31.7. The molecule has 9 aromatic rings. The molecule has 0 saturated heterocycles. The number of nitrogens with zero attached hydrogens (tertiary/aromatic N) is 2. The highest BCUT2D eigenvalue weighted by molar-refractivity contribution is 6.16. The molecule has 1 heterocycles. The van der Waals surface area contributed by atoms with Gasteiger partial charge in [0.2, 0.25) is 0 Å². The smallest absolute Gasteiger partial charge is 0.145 e. The summed E-state index contributed by atoms with van der Waals surface area (Å²) in [6, 6.07) is 59.8. The van der Waals surface area contributed by atoms with Crippen LogP contribution in [0.15, 0.2) is 200 Å². The quantitative estimate of drug-likeness (QED) is 0.129. The van der Waals surface area contributed by atoms with E-state index in [0.29, 0.717) is 17.8 Å². The Balaban J connectivity index is 1.10. The number of imidazole rings is 1. The van der Waals surface area contributed by atoms with Crippen molar-refractivity contribution in [2.45, 2.75) is 12.3 Å². The molecule has 0 spiro atoms. The first-order valence-corrected chi connectivity index (χ1v) is 19.4. The lowest BCUT2D eigenvalue weighted by molar-refractivity contribution is 0.462. The van der Waals surface area contributed by atoms with Crippen LogP contribution in [0.4, 0.5) is 0 Å². The fraction of sp³-hybridized carbons (Fsp3) is 0.0755. The maximum Gasteiger partial charge on any atom is 0.145 e. The van der Waals surface area contributed by atoms with Crippen LogP contribution in [0.25, 0.3) is 82.7 Å². The van der Waals surface area contributed by atoms with Crippen LogP contribution in [0.3, 0.4) is 0 Å². The van der Waals surface area contributed by atoms with Crippen molar-refractivity contribution in [1.29, 1.82) is 0 Å². The van der Waals surface area contributed by atoms with Gasteiger partial charge in [-0.15, -0.1) is 0 Å². The lowest BCUT2D eigenvalue weighted by atomic mass is 9.72. The van der Waals surface area contributed by atoms with Gasteiger partial charge >= 0.3 is 0 Å². The highest BCUT2D eigenvalue weighted by Gasteiger charge is 2.28. The molecule has 3 unspecified atom stereocenters. The Kier molecular flexibility index (Phi) is 7.48. The van der Waals surface area contributed by atoms with Gasteiger partial charge in [-0.25, -0.2) is 4.98 Å². The number of rotatable bonds is 5. The van der Waals surface area contributed by atoms with E-state index in [4.69, 9.17) is 4.98 Å². The molecule has 0 fully saturated rings. The van der Waals surface area contributed by atoms with E-state index in [9.17, 15) is 0 Å². The fourth-order valence-electron chi connectivity index (χ4n) is 9.28. The van der Waals surface area contributed by atoms with Gasteiger partial charge in [0, 0.05) is 23.1 Å². The first-order chi connectivity index (χ1) is 27.3. The summed E-state index contributed by atoms with van der Waals surface area (Å²) in [5.74, 6) is 2.26. The van der Waals surface area contributed by atoms with Crippen molar-refractivity contribution in [2.24, 2.45) is 11.8 Å². The van der Waals surface area contributed by atoms with Crippen LogP contribution in [0.2, 0.25) is 0 Å². The number of para-hydroxylation sites is 3. The van der Waals surface area contributed by atoms with Gasteiger partial charge in [0.25, 0.3) is 0 Å². The summed E-state index contributed by atoms with van der Waals surface area (Å²) >= 11 is 0. The van der Waals surface area contributed by atoms with Gasteiger partial charge in [0.15, 0.2) is 0 Å². The van der Waals surface area contributed by atoms with Gasteiger partial charge in [0.1, 0.15) is 5.82 Å². The molecule has 1 aromatic heterocycles. The summed E-state index contributed by atoms with van der Waals surface area (Å²) in [6.07, 6.45) is 15.2. The predicted molar refractivity (Wildman–Crippen MR) is 232 cm³/mol. The van der Waals surface area contributed by atoms with Crippen LogP contribution in [0.5, 0.6) is 0 Å². The number of allylic oxidation sites excluding steroid dienone is 6. The van der Waals surface area contributed by atoms with E-state index >= 15 is 0 Å². The number of hydrogen-bond acceptors (Lipinski definition) is 1. The van der Waals surface area contributed by atoms with Crippen LogP contribution in [0.1, 0.15) is 17.9 Å². The third-order valence-corrected chi connectivity index (χ3v) is 11.9. The molecule has 0 bridgehead atoms. The molecule has 2 heteroatoms. The van der Waals surface area contributed by atoms with Crippen molar-refractivity contribution in [3.8, 4) is 39.3 Å². The molecule has 55 heavy (non-hydrogen) atoms. The minimum atomic E-state index is 0.324. The molecule has 0 amide bonds. The third-order valence-electron chi connectivity index (χ3n) is 11.9. The van der Waals surface area contributed by atoms with Gasteiger partial charge in [-0.05, 0) is 109 Å². The monoisotopic (exact) mass is 702 g/mol. The Morgan fingerprint density at radius 3 is 2.05 bits per heavy atom. The average Bonchev–Trinajstić information content (AvgIpc) is 3.65. The molecule has 0 radical (unpaired) electrons. The Morgan fingerprint density at radius 2 is 1.16 bits per heavy atom. The van der Waals surface area contributed by atoms with E-state index in [1.807, 2.05) is 0 Å². The van der Waals surface area contributed by atoms with E-state index in [-0.39, 0.29) is 0 Å². The summed E-state index contributed by atoms with van der Waals surface area (Å²) in [6.45, 7) is 0. The minimum absolute atomic E-state index is 0.324. The van der Waals surface area contributed by atoms with Crippen LogP contribution in [-0.4, -0.2) is 9.55 Å². The maximum absolute atomic E-state index is 5.13. The molecule has 0 saturated carbocycles. The van der Waals surface area contributed by atoms with Crippen LogP contribution in [0, 0.1) is 11.8 Å². The zero-order chi connectivity index (χ0) is 36.3. The molecule has 0 N–H and O–H groups in total. The van der Waals surface area contributed by atoms with Crippen LogP contribution in [-0.2, 0) is 0 Å². The predicted octanol–water partition coefficient (Wildman–Crippen LogP) is 13.9. The van der Waals surface area contributed by atoms with Crippen molar-refractivity contribution < 1.29 is 0 Å². The Morgan fingerprint density at radius 1 is 0.473 bits per heavy atom. The molecule has 0 aliphatic heterocycles. The molecule has 2 nitrogen and oxygen atoms in total. The second kappa shape index (κ2) is 13.0. The second-order valence-corrected chi connectivity index (χ2v) is 15.1. The fourth-order valence-corrected chi connectivity index (χ4v) is 9.28. The van der Waals surface area contributed by atoms with Gasteiger partial charge < -0.3 is 0 Å². The summed E-state index contributed by atoms with van der Waals surface area (Å²) < 4.78 is 2.27. The van der Waals surface area contributed by atoms with Crippen molar-refractivity contribution in [3.05, 3.63) is 206 Å². The molecule has 2 aliphatic carbocycles. The Hall–Kier alpha value is -6.77. The molecule has 2 aliphatic rings. The van der Waals surface area contributed by atoms with Crippen LogP contribution < -0.4 is 0 Å². The van der Waals surface area contributed by atoms with Crippen molar-refractivity contribution >= 4 is 43.4 Å². The highest BCUT2D eigenvalue weighted by atomic mass is 15.1. The molecular formula is C53H38N2. The van der Waals surface area contributed by atoms with E-state index in [1.165, 1.54) is 60.1 Å². The molecule has 3 atom stereocenters. The third kappa shape index (κ3) is 5.36. The summed E-state index contributed by atoms with van der Waals surface area (Å²) in [4.78, 5) is 5.13. The second-order valence-electron chi connectivity index (χ2n) is 15.1. The molecule has 8 aromatic carbocycles. The van der Waals surface area contributed by atoms with Crippen molar-refractivity contribution in [1.82, 2.24) is 9.55 Å². The Labute approximate surface area is 321 Å². The summed E-state index contributed by atoms with van der Waals surface area (Å²) in [5, 5.41) is 7.80. The standard InChI is InChI=1S/C53H38N2/c1-2-16-44(17-3-1)55-50-21-11-10-20-49(50)54-53(55)38-26-22-37(23-27-38)41-30-31-47-48(34-41)52(43-29-25-36-13-5-7-15-40(36)33-43)46-19-9-8-18-45(46)51(47)42-28-24-35-12-4-6-14-39(35)32-42/h1-31,33-35,39,42H,32H2. The largest absolute Gasteiger partial charge is 0.292 e. The van der Waals surface area contributed by atoms with E-state index in [1.54, 1.807) is 0 Å². The molecule has 11 rings (SSSR count). The SMILES string of the molecule is C1=CC2C=CC(c3c4ccccc4c(-c4ccc5ccccc5c4)c4cc(-c5ccc(-c6nc7ccccc7n6-c6ccccc6)cc5)ccc34)CC2C=C1. The van der Waals surface area contributed by atoms with Gasteiger partial charge in [0.05, 0.1) is 11.0 Å². The molecular weight excluding hydrogens is 665 g/mol. The lowest BCUT2D eigenvalue weighted by Gasteiger charge is -2.31. The van der Waals surface area contributed by atoms with E-state index in [2.05, 4.69) is 205 Å². The van der Waals surface area contributed by atoms with Crippen molar-refractivity contribution in [2.75, 3.05) is 0 Å². The number of fused-ring (bicyclic) bond motifs is 5. The first-order valence-electron chi connectivity index (χ1n) is 19.4. The van der Waals surface area contributed by atoms with Crippen molar-refractivity contribution in [3.63, 3.8) is 0 Å². The molecule has 260 valence electrons.